The Balaban J connectivity index is 2.53. The summed E-state index contributed by atoms with van der Waals surface area (Å²) < 4.78 is 52.7. The SMILES string of the molecule is Cn1ncnc1CS(=O)(=O)c1ccc(F)c(C(=O)O)c1F. The van der Waals surface area contributed by atoms with Crippen LogP contribution in [-0.4, -0.2) is 34.3 Å². The monoisotopic (exact) mass is 317 g/mol. The zero-order valence-corrected chi connectivity index (χ0v) is 11.4. The molecule has 1 aromatic carbocycles. The minimum atomic E-state index is -4.24. The summed E-state index contributed by atoms with van der Waals surface area (Å²) in [5, 5.41) is 12.4. The van der Waals surface area contributed by atoms with Crippen molar-refractivity contribution in [2.24, 2.45) is 7.05 Å². The third-order valence-corrected chi connectivity index (χ3v) is 4.35. The molecule has 1 N–H and O–H groups in total. The van der Waals surface area contributed by atoms with Crippen LogP contribution in [0.1, 0.15) is 16.2 Å². The number of hydrogen-bond acceptors (Lipinski definition) is 5. The number of carbonyl (C=O) groups is 1. The third-order valence-electron chi connectivity index (χ3n) is 2.73. The van der Waals surface area contributed by atoms with E-state index in [1.807, 2.05) is 0 Å². The highest BCUT2D eigenvalue weighted by Gasteiger charge is 2.28. The predicted octanol–water partition coefficient (Wildman–Crippen LogP) is 0.765. The van der Waals surface area contributed by atoms with Crippen LogP contribution < -0.4 is 0 Å². The maximum Gasteiger partial charge on any atom is 0.341 e. The molecule has 0 amide bonds. The van der Waals surface area contributed by atoms with Gasteiger partial charge < -0.3 is 5.11 Å². The average molecular weight is 317 g/mol. The highest BCUT2D eigenvalue weighted by molar-refractivity contribution is 7.90. The number of benzene rings is 1. The van der Waals surface area contributed by atoms with Crippen LogP contribution in [-0.2, 0) is 22.6 Å². The third kappa shape index (κ3) is 2.75. The van der Waals surface area contributed by atoms with Gasteiger partial charge in [0, 0.05) is 7.05 Å². The summed E-state index contributed by atoms with van der Waals surface area (Å²) >= 11 is 0. The Labute approximate surface area is 117 Å². The number of halogens is 2. The quantitative estimate of drug-likeness (QED) is 0.836. The van der Waals surface area contributed by atoms with Gasteiger partial charge in [-0.15, -0.1) is 0 Å². The summed E-state index contributed by atoms with van der Waals surface area (Å²) in [6, 6.07) is 1.28. The van der Waals surface area contributed by atoms with E-state index in [1.165, 1.54) is 11.7 Å². The van der Waals surface area contributed by atoms with Crippen molar-refractivity contribution in [3.63, 3.8) is 0 Å². The molecule has 0 radical (unpaired) electrons. The molecule has 2 rings (SSSR count). The fourth-order valence-electron chi connectivity index (χ4n) is 1.67. The van der Waals surface area contributed by atoms with Gasteiger partial charge in [-0.1, -0.05) is 0 Å². The molecule has 0 aliphatic heterocycles. The van der Waals surface area contributed by atoms with Crippen molar-refractivity contribution >= 4 is 15.8 Å². The van der Waals surface area contributed by atoms with Crippen molar-refractivity contribution < 1.29 is 27.1 Å². The van der Waals surface area contributed by atoms with Crippen molar-refractivity contribution in [3.8, 4) is 0 Å². The molecule has 0 aliphatic rings. The van der Waals surface area contributed by atoms with Gasteiger partial charge in [0.1, 0.15) is 34.2 Å². The standard InChI is InChI=1S/C11H9F2N3O4S/c1-16-8(14-5-15-16)4-21(19,20)7-3-2-6(12)9(10(7)13)11(17)18/h2-3,5H,4H2,1H3,(H,17,18). The van der Waals surface area contributed by atoms with Crippen LogP contribution in [0.15, 0.2) is 23.4 Å². The van der Waals surface area contributed by atoms with Crippen LogP contribution in [0.5, 0.6) is 0 Å². The Hall–Kier alpha value is -2.36. The number of nitrogens with zero attached hydrogens (tertiary/aromatic N) is 3. The lowest BCUT2D eigenvalue weighted by atomic mass is 10.2. The van der Waals surface area contributed by atoms with Crippen molar-refractivity contribution in [2.75, 3.05) is 0 Å². The van der Waals surface area contributed by atoms with E-state index in [9.17, 15) is 22.0 Å². The second kappa shape index (κ2) is 5.20. The summed E-state index contributed by atoms with van der Waals surface area (Å²) in [5.74, 6) is -5.52. The minimum Gasteiger partial charge on any atom is -0.477 e. The second-order valence-electron chi connectivity index (χ2n) is 4.10. The Morgan fingerprint density at radius 2 is 2.05 bits per heavy atom. The van der Waals surface area contributed by atoms with Gasteiger partial charge in [-0.3, -0.25) is 4.68 Å². The van der Waals surface area contributed by atoms with Crippen LogP contribution in [0.3, 0.4) is 0 Å². The summed E-state index contributed by atoms with van der Waals surface area (Å²) in [6.07, 6.45) is 1.12. The molecule has 0 fully saturated rings. The minimum absolute atomic E-state index is 0.0376. The fraction of sp³-hybridized carbons (Fsp3) is 0.182. The van der Waals surface area contributed by atoms with Crippen LogP contribution in [0.4, 0.5) is 8.78 Å². The summed E-state index contributed by atoms with van der Waals surface area (Å²) in [7, 11) is -2.79. The molecule has 0 saturated heterocycles. The lowest BCUT2D eigenvalue weighted by Crippen LogP contribution is -2.14. The van der Waals surface area contributed by atoms with Crippen molar-refractivity contribution in [1.29, 1.82) is 0 Å². The highest BCUT2D eigenvalue weighted by atomic mass is 32.2. The maximum atomic E-state index is 14.0. The van der Waals surface area contributed by atoms with Gasteiger partial charge in [-0.05, 0) is 12.1 Å². The first-order valence-corrected chi connectivity index (χ1v) is 7.16. The van der Waals surface area contributed by atoms with Gasteiger partial charge >= 0.3 is 5.97 Å². The lowest BCUT2D eigenvalue weighted by Gasteiger charge is -2.08. The molecule has 0 bridgehead atoms. The first-order chi connectivity index (χ1) is 9.74. The largest absolute Gasteiger partial charge is 0.477 e. The normalized spacial score (nSPS) is 11.6. The van der Waals surface area contributed by atoms with Gasteiger partial charge in [-0.2, -0.15) is 5.10 Å². The lowest BCUT2D eigenvalue weighted by molar-refractivity contribution is 0.0685. The number of carboxylic acid groups (broad SMARTS) is 1. The first-order valence-electron chi connectivity index (χ1n) is 5.51. The molecule has 0 atom stereocenters. The molecule has 112 valence electrons. The second-order valence-corrected chi connectivity index (χ2v) is 6.06. The number of aryl methyl sites for hydroxylation is 1. The predicted molar refractivity (Wildman–Crippen MR) is 65.2 cm³/mol. The molecule has 1 heterocycles. The van der Waals surface area contributed by atoms with Gasteiger partial charge in [0.2, 0.25) is 0 Å². The van der Waals surface area contributed by atoms with Crippen LogP contribution in [0.25, 0.3) is 0 Å². The molecule has 21 heavy (non-hydrogen) atoms. The number of sulfone groups is 1. The molecule has 10 heteroatoms. The molecule has 0 saturated carbocycles. The van der Waals surface area contributed by atoms with Crippen molar-refractivity contribution in [3.05, 3.63) is 41.5 Å². The average Bonchev–Trinajstić information content (AvgIpc) is 2.73. The molecule has 0 unspecified atom stereocenters. The Morgan fingerprint density at radius 1 is 1.38 bits per heavy atom. The van der Waals surface area contributed by atoms with E-state index >= 15 is 0 Å². The number of rotatable bonds is 4. The molecular weight excluding hydrogens is 308 g/mol. The zero-order valence-electron chi connectivity index (χ0n) is 10.6. The molecule has 0 aliphatic carbocycles. The van der Waals surface area contributed by atoms with E-state index in [-0.39, 0.29) is 5.82 Å². The van der Waals surface area contributed by atoms with E-state index < -0.39 is 43.7 Å². The van der Waals surface area contributed by atoms with E-state index in [2.05, 4.69) is 10.1 Å². The van der Waals surface area contributed by atoms with Crippen LogP contribution >= 0.6 is 0 Å². The molecule has 2 aromatic rings. The summed E-state index contributed by atoms with van der Waals surface area (Å²) in [4.78, 5) is 13.6. The molecule has 0 spiro atoms. The number of aromatic nitrogens is 3. The fourth-order valence-corrected chi connectivity index (χ4v) is 3.08. The number of aromatic carboxylic acids is 1. The zero-order chi connectivity index (χ0) is 15.8. The van der Waals surface area contributed by atoms with Crippen LogP contribution in [0, 0.1) is 11.6 Å². The summed E-state index contributed by atoms with van der Waals surface area (Å²) in [6.45, 7) is 0. The Bertz CT molecular complexity index is 817. The van der Waals surface area contributed by atoms with Gasteiger partial charge in [-0.25, -0.2) is 27.0 Å². The van der Waals surface area contributed by atoms with Crippen LogP contribution in [0.2, 0.25) is 0 Å². The molecule has 7 nitrogen and oxygen atoms in total. The van der Waals surface area contributed by atoms with E-state index in [1.54, 1.807) is 0 Å². The number of hydrogen-bond donors (Lipinski definition) is 1. The molecular formula is C11H9F2N3O4S. The Morgan fingerprint density at radius 3 is 2.57 bits per heavy atom. The highest BCUT2D eigenvalue weighted by Crippen LogP contribution is 2.23. The number of carboxylic acids is 1. The van der Waals surface area contributed by atoms with E-state index in [0.717, 1.165) is 6.33 Å². The van der Waals surface area contributed by atoms with Crippen molar-refractivity contribution in [1.82, 2.24) is 14.8 Å². The maximum absolute atomic E-state index is 14.0. The van der Waals surface area contributed by atoms with E-state index in [4.69, 9.17) is 5.11 Å². The van der Waals surface area contributed by atoms with Gasteiger partial charge in [0.25, 0.3) is 0 Å². The Kier molecular flexibility index (Phi) is 3.73. The van der Waals surface area contributed by atoms with E-state index in [0.29, 0.717) is 12.1 Å². The topological polar surface area (TPSA) is 102 Å². The summed E-state index contributed by atoms with van der Waals surface area (Å²) in [5.41, 5.74) is -1.31. The van der Waals surface area contributed by atoms with Gasteiger partial charge in [0.05, 0.1) is 0 Å². The van der Waals surface area contributed by atoms with Gasteiger partial charge in [0.15, 0.2) is 15.7 Å². The smallest absolute Gasteiger partial charge is 0.341 e. The van der Waals surface area contributed by atoms with Crippen molar-refractivity contribution in [2.45, 2.75) is 10.6 Å². The first kappa shape index (κ1) is 15.0. The molecule has 1 aromatic heterocycles.